The topological polar surface area (TPSA) is 53.6 Å². The van der Waals surface area contributed by atoms with Gasteiger partial charge in [-0.05, 0) is 44.5 Å². The standard InChI is InChI=1S/C16H25N3O2/c1-17-11-13-7-9-19(10-8-13)16(20)12-18-14-5-3-4-6-15(14)21-2/h3-6,13,17-18H,7-12H2,1-2H3. The van der Waals surface area contributed by atoms with E-state index in [-0.39, 0.29) is 5.91 Å². The van der Waals surface area contributed by atoms with Gasteiger partial charge in [-0.25, -0.2) is 0 Å². The predicted octanol–water partition coefficient (Wildman–Crippen LogP) is 1.57. The maximum absolute atomic E-state index is 12.2. The van der Waals surface area contributed by atoms with E-state index in [9.17, 15) is 4.79 Å². The Kier molecular flexibility index (Phi) is 5.87. The normalized spacial score (nSPS) is 15.8. The summed E-state index contributed by atoms with van der Waals surface area (Å²) in [5.41, 5.74) is 0.860. The van der Waals surface area contributed by atoms with Crippen molar-refractivity contribution in [1.82, 2.24) is 10.2 Å². The zero-order valence-electron chi connectivity index (χ0n) is 12.9. The Labute approximate surface area is 126 Å². The lowest BCUT2D eigenvalue weighted by molar-refractivity contribution is -0.130. The molecule has 2 N–H and O–H groups in total. The minimum absolute atomic E-state index is 0.156. The molecule has 1 aliphatic heterocycles. The van der Waals surface area contributed by atoms with E-state index in [1.54, 1.807) is 7.11 Å². The molecule has 1 aromatic rings. The zero-order chi connectivity index (χ0) is 15.1. The van der Waals surface area contributed by atoms with Crippen molar-refractivity contribution < 1.29 is 9.53 Å². The number of rotatable bonds is 6. The fourth-order valence-electron chi connectivity index (χ4n) is 2.75. The number of piperidine rings is 1. The predicted molar refractivity (Wildman–Crippen MR) is 84.7 cm³/mol. The van der Waals surface area contributed by atoms with Crippen LogP contribution in [0.15, 0.2) is 24.3 Å². The third-order valence-corrected chi connectivity index (χ3v) is 4.00. The molecule has 0 atom stereocenters. The highest BCUT2D eigenvalue weighted by Crippen LogP contribution is 2.23. The van der Waals surface area contributed by atoms with Crippen LogP contribution in [-0.4, -0.2) is 51.1 Å². The second-order valence-corrected chi connectivity index (χ2v) is 5.44. The van der Waals surface area contributed by atoms with Gasteiger partial charge >= 0.3 is 0 Å². The molecule has 1 amide bonds. The second kappa shape index (κ2) is 7.88. The van der Waals surface area contributed by atoms with Gasteiger partial charge in [0.15, 0.2) is 0 Å². The van der Waals surface area contributed by atoms with E-state index in [1.807, 2.05) is 36.2 Å². The molecule has 116 valence electrons. The largest absolute Gasteiger partial charge is 0.495 e. The van der Waals surface area contributed by atoms with Crippen molar-refractivity contribution in [3.63, 3.8) is 0 Å². The summed E-state index contributed by atoms with van der Waals surface area (Å²) in [6.07, 6.45) is 2.17. The lowest BCUT2D eigenvalue weighted by Gasteiger charge is -2.32. The number of nitrogens with one attached hydrogen (secondary N) is 2. The number of benzene rings is 1. The molecule has 0 aliphatic carbocycles. The number of ether oxygens (including phenoxy) is 1. The van der Waals surface area contributed by atoms with Crippen molar-refractivity contribution in [1.29, 1.82) is 0 Å². The Morgan fingerprint density at radius 2 is 2.05 bits per heavy atom. The van der Waals surface area contributed by atoms with Crippen molar-refractivity contribution in [2.45, 2.75) is 12.8 Å². The van der Waals surface area contributed by atoms with Crippen molar-refractivity contribution in [3.05, 3.63) is 24.3 Å². The molecule has 0 radical (unpaired) electrons. The number of methoxy groups -OCH3 is 1. The highest BCUT2D eigenvalue weighted by atomic mass is 16.5. The molecule has 21 heavy (non-hydrogen) atoms. The molecule has 0 saturated carbocycles. The molecule has 5 heteroatoms. The smallest absolute Gasteiger partial charge is 0.241 e. The number of likely N-dealkylation sites (tertiary alicyclic amines) is 1. The molecular formula is C16H25N3O2. The number of amides is 1. The van der Waals surface area contributed by atoms with Crippen LogP contribution >= 0.6 is 0 Å². The molecule has 1 aliphatic rings. The first-order chi connectivity index (χ1) is 10.2. The SMILES string of the molecule is CNCC1CCN(C(=O)CNc2ccccc2OC)CC1. The van der Waals surface area contributed by atoms with Crippen molar-refractivity contribution in [2.75, 3.05) is 45.7 Å². The van der Waals surface area contributed by atoms with Crippen LogP contribution in [0.1, 0.15) is 12.8 Å². The van der Waals surface area contributed by atoms with Gasteiger partial charge in [0.2, 0.25) is 5.91 Å². The molecule has 0 spiro atoms. The van der Waals surface area contributed by atoms with Crippen LogP contribution in [0.5, 0.6) is 5.75 Å². The number of para-hydroxylation sites is 2. The Hall–Kier alpha value is -1.75. The van der Waals surface area contributed by atoms with Crippen molar-refractivity contribution in [3.8, 4) is 5.75 Å². The van der Waals surface area contributed by atoms with Gasteiger partial charge in [-0.15, -0.1) is 0 Å². The van der Waals surface area contributed by atoms with Crippen LogP contribution in [-0.2, 0) is 4.79 Å². The second-order valence-electron chi connectivity index (χ2n) is 5.44. The van der Waals surface area contributed by atoms with Gasteiger partial charge in [0.05, 0.1) is 19.3 Å². The van der Waals surface area contributed by atoms with Gasteiger partial charge in [-0.3, -0.25) is 4.79 Å². The first-order valence-corrected chi connectivity index (χ1v) is 7.54. The molecule has 0 aromatic heterocycles. The summed E-state index contributed by atoms with van der Waals surface area (Å²) in [5.74, 6) is 1.61. The first kappa shape index (κ1) is 15.6. The van der Waals surface area contributed by atoms with Gasteiger partial charge in [0.1, 0.15) is 5.75 Å². The number of carbonyl (C=O) groups excluding carboxylic acids is 1. The number of hydrogen-bond donors (Lipinski definition) is 2. The van der Waals surface area contributed by atoms with E-state index < -0.39 is 0 Å². The van der Waals surface area contributed by atoms with Crippen molar-refractivity contribution >= 4 is 11.6 Å². The number of anilines is 1. The first-order valence-electron chi connectivity index (χ1n) is 7.54. The zero-order valence-corrected chi connectivity index (χ0v) is 12.9. The van der Waals surface area contributed by atoms with E-state index in [1.165, 1.54) is 0 Å². The Morgan fingerprint density at radius 3 is 2.71 bits per heavy atom. The third kappa shape index (κ3) is 4.36. The van der Waals surface area contributed by atoms with E-state index >= 15 is 0 Å². The molecule has 1 fully saturated rings. The van der Waals surface area contributed by atoms with Crippen LogP contribution in [0.25, 0.3) is 0 Å². The highest BCUT2D eigenvalue weighted by Gasteiger charge is 2.22. The number of carbonyl (C=O) groups is 1. The number of hydrogen-bond acceptors (Lipinski definition) is 4. The minimum Gasteiger partial charge on any atom is -0.495 e. The summed E-state index contributed by atoms with van der Waals surface area (Å²) in [5, 5.41) is 6.38. The summed E-state index contributed by atoms with van der Waals surface area (Å²) < 4.78 is 5.27. The molecule has 1 aromatic carbocycles. The molecule has 5 nitrogen and oxygen atoms in total. The van der Waals surface area contributed by atoms with E-state index in [0.29, 0.717) is 12.5 Å². The van der Waals surface area contributed by atoms with Crippen LogP contribution in [0.2, 0.25) is 0 Å². The van der Waals surface area contributed by atoms with E-state index in [4.69, 9.17) is 4.74 Å². The fraction of sp³-hybridized carbons (Fsp3) is 0.562. The van der Waals surface area contributed by atoms with Gasteiger partial charge in [0, 0.05) is 13.1 Å². The Balaban J connectivity index is 1.80. The highest BCUT2D eigenvalue weighted by molar-refractivity contribution is 5.81. The lowest BCUT2D eigenvalue weighted by Crippen LogP contribution is -2.42. The molecular weight excluding hydrogens is 266 g/mol. The summed E-state index contributed by atoms with van der Waals surface area (Å²) in [7, 11) is 3.61. The summed E-state index contributed by atoms with van der Waals surface area (Å²) in [4.78, 5) is 14.2. The summed E-state index contributed by atoms with van der Waals surface area (Å²) >= 11 is 0. The third-order valence-electron chi connectivity index (χ3n) is 4.00. The van der Waals surface area contributed by atoms with E-state index in [2.05, 4.69) is 10.6 Å². The van der Waals surface area contributed by atoms with Crippen LogP contribution in [0.4, 0.5) is 5.69 Å². The molecule has 1 heterocycles. The van der Waals surface area contributed by atoms with Crippen molar-refractivity contribution in [2.24, 2.45) is 5.92 Å². The maximum atomic E-state index is 12.2. The van der Waals surface area contributed by atoms with Gasteiger partial charge in [-0.1, -0.05) is 12.1 Å². The molecule has 0 bridgehead atoms. The number of nitrogens with zero attached hydrogens (tertiary/aromatic N) is 1. The van der Waals surface area contributed by atoms with Crippen LogP contribution < -0.4 is 15.4 Å². The monoisotopic (exact) mass is 291 g/mol. The van der Waals surface area contributed by atoms with Crippen LogP contribution in [0, 0.1) is 5.92 Å². The van der Waals surface area contributed by atoms with Gasteiger partial charge in [-0.2, -0.15) is 0 Å². The molecule has 2 rings (SSSR count). The average Bonchev–Trinajstić information content (AvgIpc) is 2.54. The van der Waals surface area contributed by atoms with Crippen LogP contribution in [0.3, 0.4) is 0 Å². The quantitative estimate of drug-likeness (QED) is 0.835. The lowest BCUT2D eigenvalue weighted by atomic mass is 9.97. The molecule has 1 saturated heterocycles. The van der Waals surface area contributed by atoms with E-state index in [0.717, 1.165) is 43.9 Å². The molecule has 0 unspecified atom stereocenters. The van der Waals surface area contributed by atoms with Gasteiger partial charge < -0.3 is 20.3 Å². The fourth-order valence-corrected chi connectivity index (χ4v) is 2.75. The maximum Gasteiger partial charge on any atom is 0.241 e. The Bertz CT molecular complexity index is 457. The average molecular weight is 291 g/mol. The van der Waals surface area contributed by atoms with Gasteiger partial charge in [0.25, 0.3) is 0 Å². The summed E-state index contributed by atoms with van der Waals surface area (Å²) in [6.45, 7) is 3.08. The minimum atomic E-state index is 0.156. The summed E-state index contributed by atoms with van der Waals surface area (Å²) in [6, 6.07) is 7.65. The Morgan fingerprint density at radius 1 is 1.33 bits per heavy atom.